The normalized spacial score (nSPS) is 21.1. The highest BCUT2D eigenvalue weighted by Crippen LogP contribution is 2.59. The van der Waals surface area contributed by atoms with Gasteiger partial charge in [-0.3, -0.25) is 0 Å². The van der Waals surface area contributed by atoms with Crippen LogP contribution >= 0.6 is 0 Å². The van der Waals surface area contributed by atoms with Crippen LogP contribution in [0.25, 0.3) is 0 Å². The van der Waals surface area contributed by atoms with Crippen LogP contribution in [0.1, 0.15) is 39.7 Å². The van der Waals surface area contributed by atoms with Crippen molar-refractivity contribution in [2.75, 3.05) is 28.4 Å². The molecule has 1 aromatic carbocycles. The summed E-state index contributed by atoms with van der Waals surface area (Å²) in [5.41, 5.74) is 2.37. The van der Waals surface area contributed by atoms with E-state index in [-0.39, 0.29) is 11.8 Å². The van der Waals surface area contributed by atoms with E-state index in [1.165, 1.54) is 14.2 Å². The number of esters is 1. The Morgan fingerprint density at radius 2 is 1.43 bits per heavy atom. The van der Waals surface area contributed by atoms with Gasteiger partial charge in [-0.1, -0.05) is 12.2 Å². The minimum absolute atomic E-state index is 0.253. The van der Waals surface area contributed by atoms with Crippen LogP contribution in [0.5, 0.6) is 17.2 Å². The Morgan fingerprint density at radius 3 is 1.90 bits per heavy atom. The quantitative estimate of drug-likeness (QED) is 0.630. The van der Waals surface area contributed by atoms with Crippen molar-refractivity contribution in [1.82, 2.24) is 0 Å². The van der Waals surface area contributed by atoms with Gasteiger partial charge in [0.2, 0.25) is 0 Å². The molecule has 0 N–H and O–H groups in total. The number of rotatable bonds is 4. The second-order valence-corrected chi connectivity index (χ2v) is 5.13. The number of fused-ring (bicyclic) bond motifs is 5. The molecule has 0 aromatic heterocycles. The predicted octanol–water partition coefficient (Wildman–Crippen LogP) is 2.64. The average Bonchev–Trinajstić information content (AvgIpc) is 3.13. The van der Waals surface area contributed by atoms with Gasteiger partial charge < -0.3 is 18.9 Å². The van der Waals surface area contributed by atoms with Gasteiger partial charge in [-0.05, 0) is 6.42 Å². The molecule has 2 aliphatic carbocycles. The Morgan fingerprint density at radius 1 is 0.905 bits per heavy atom. The first-order valence-corrected chi connectivity index (χ1v) is 6.80. The summed E-state index contributed by atoms with van der Waals surface area (Å²) in [5, 5.41) is 0. The number of ether oxygens (including phenoxy) is 4. The highest BCUT2D eigenvalue weighted by Gasteiger charge is 2.42. The molecule has 3 rings (SSSR count). The Bertz CT molecular complexity index is 632. The number of carbonyl (C=O) groups is 1. The van der Waals surface area contributed by atoms with Gasteiger partial charge in [-0.15, -0.1) is 0 Å². The maximum absolute atomic E-state index is 12.2. The van der Waals surface area contributed by atoms with Crippen LogP contribution in [0, 0.1) is 0 Å². The molecule has 2 aliphatic rings. The van der Waals surface area contributed by atoms with Gasteiger partial charge in [-0.25, -0.2) is 4.79 Å². The third-order valence-corrected chi connectivity index (χ3v) is 4.27. The number of hydrogen-bond acceptors (Lipinski definition) is 5. The van der Waals surface area contributed by atoms with E-state index in [0.29, 0.717) is 22.8 Å². The number of hydrogen-bond donors (Lipinski definition) is 0. The zero-order chi connectivity index (χ0) is 15.1. The molecule has 5 nitrogen and oxygen atoms in total. The summed E-state index contributed by atoms with van der Waals surface area (Å²) >= 11 is 0. The van der Waals surface area contributed by atoms with Crippen LogP contribution in [0.3, 0.4) is 0 Å². The second kappa shape index (κ2) is 4.98. The van der Waals surface area contributed by atoms with Gasteiger partial charge >= 0.3 is 5.97 Å². The summed E-state index contributed by atoms with van der Waals surface area (Å²) in [6, 6.07) is 0. The lowest BCUT2D eigenvalue weighted by atomic mass is 9.91. The van der Waals surface area contributed by atoms with E-state index in [9.17, 15) is 4.79 Å². The second-order valence-electron chi connectivity index (χ2n) is 5.13. The molecule has 5 heteroatoms. The first-order chi connectivity index (χ1) is 10.2. The number of methoxy groups -OCH3 is 4. The van der Waals surface area contributed by atoms with Crippen LogP contribution in [-0.4, -0.2) is 34.4 Å². The molecule has 0 fully saturated rings. The van der Waals surface area contributed by atoms with E-state index in [4.69, 9.17) is 18.9 Å². The van der Waals surface area contributed by atoms with Gasteiger partial charge in [0.1, 0.15) is 11.3 Å². The zero-order valence-corrected chi connectivity index (χ0v) is 12.6. The summed E-state index contributed by atoms with van der Waals surface area (Å²) in [6.45, 7) is 0. The van der Waals surface area contributed by atoms with Crippen LogP contribution in [-0.2, 0) is 4.74 Å². The minimum Gasteiger partial charge on any atom is -0.495 e. The first kappa shape index (κ1) is 13.8. The van der Waals surface area contributed by atoms with E-state index < -0.39 is 5.97 Å². The fourth-order valence-electron chi connectivity index (χ4n) is 3.48. The first-order valence-electron chi connectivity index (χ1n) is 6.80. The van der Waals surface area contributed by atoms with E-state index in [1.54, 1.807) is 14.2 Å². The Kier molecular flexibility index (Phi) is 3.27. The molecular weight excluding hydrogens is 272 g/mol. The molecule has 21 heavy (non-hydrogen) atoms. The predicted molar refractivity (Wildman–Crippen MR) is 76.7 cm³/mol. The van der Waals surface area contributed by atoms with E-state index in [2.05, 4.69) is 12.2 Å². The molecule has 1 aromatic rings. The SMILES string of the molecule is COC(=O)c1c(OC)c(OC)c2c(c1OC)C1C=CC2C1. The van der Waals surface area contributed by atoms with Crippen LogP contribution in [0.15, 0.2) is 12.2 Å². The molecule has 2 atom stereocenters. The van der Waals surface area contributed by atoms with Crippen molar-refractivity contribution in [2.45, 2.75) is 18.3 Å². The summed E-state index contributed by atoms with van der Waals surface area (Å²) in [6.07, 6.45) is 5.31. The van der Waals surface area contributed by atoms with E-state index in [1.807, 2.05) is 0 Å². The molecule has 2 unspecified atom stereocenters. The molecule has 0 saturated heterocycles. The summed E-state index contributed by atoms with van der Waals surface area (Å²) in [7, 11) is 6.00. The fourth-order valence-corrected chi connectivity index (χ4v) is 3.48. The lowest BCUT2D eigenvalue weighted by Gasteiger charge is -2.23. The van der Waals surface area contributed by atoms with Crippen molar-refractivity contribution >= 4 is 5.97 Å². The molecule has 0 spiro atoms. The van der Waals surface area contributed by atoms with Gasteiger partial charge in [-0.2, -0.15) is 0 Å². The Balaban J connectivity index is 2.37. The Labute approximate surface area is 123 Å². The molecule has 0 radical (unpaired) electrons. The van der Waals surface area contributed by atoms with Gasteiger partial charge in [0.05, 0.1) is 28.4 Å². The maximum Gasteiger partial charge on any atom is 0.345 e. The molecule has 0 heterocycles. The maximum atomic E-state index is 12.2. The standard InChI is InChI=1S/C16H18O5/c1-18-13-10-8-5-6-9(7-8)11(10)14(19-2)15(20-3)12(13)16(17)21-4/h5-6,8-9H,7H2,1-4H3. The molecule has 0 amide bonds. The van der Waals surface area contributed by atoms with Gasteiger partial charge in [0.15, 0.2) is 11.5 Å². The molecule has 0 saturated carbocycles. The monoisotopic (exact) mass is 290 g/mol. The van der Waals surface area contributed by atoms with E-state index in [0.717, 1.165) is 17.5 Å². The Hall–Kier alpha value is -2.17. The molecule has 0 aliphatic heterocycles. The van der Waals surface area contributed by atoms with Crippen LogP contribution in [0.4, 0.5) is 0 Å². The van der Waals surface area contributed by atoms with Crippen molar-refractivity contribution < 1.29 is 23.7 Å². The summed E-state index contributed by atoms with van der Waals surface area (Å²) < 4.78 is 21.4. The van der Waals surface area contributed by atoms with Crippen molar-refractivity contribution in [3.8, 4) is 17.2 Å². The highest BCUT2D eigenvalue weighted by atomic mass is 16.5. The lowest BCUT2D eigenvalue weighted by Crippen LogP contribution is -2.12. The van der Waals surface area contributed by atoms with Crippen LogP contribution in [0.2, 0.25) is 0 Å². The molecule has 112 valence electrons. The van der Waals surface area contributed by atoms with Crippen LogP contribution < -0.4 is 14.2 Å². The molecule has 2 bridgehead atoms. The van der Waals surface area contributed by atoms with Crippen molar-refractivity contribution in [3.05, 3.63) is 28.8 Å². The van der Waals surface area contributed by atoms with Crippen molar-refractivity contribution in [2.24, 2.45) is 0 Å². The minimum atomic E-state index is -0.489. The summed E-state index contributed by atoms with van der Waals surface area (Å²) in [5.74, 6) is 1.56. The van der Waals surface area contributed by atoms with Crippen molar-refractivity contribution in [3.63, 3.8) is 0 Å². The lowest BCUT2D eigenvalue weighted by molar-refractivity contribution is 0.0592. The third-order valence-electron chi connectivity index (χ3n) is 4.27. The number of allylic oxidation sites excluding steroid dienone is 2. The summed E-state index contributed by atoms with van der Waals surface area (Å²) in [4.78, 5) is 12.2. The number of benzene rings is 1. The fraction of sp³-hybridized carbons (Fsp3) is 0.438. The molecular formula is C16H18O5. The smallest absolute Gasteiger partial charge is 0.345 e. The average molecular weight is 290 g/mol. The largest absolute Gasteiger partial charge is 0.495 e. The van der Waals surface area contributed by atoms with Crippen molar-refractivity contribution in [1.29, 1.82) is 0 Å². The highest BCUT2D eigenvalue weighted by molar-refractivity contribution is 5.98. The zero-order valence-electron chi connectivity index (χ0n) is 12.6. The van der Waals surface area contributed by atoms with E-state index >= 15 is 0 Å². The van der Waals surface area contributed by atoms with Gasteiger partial charge in [0.25, 0.3) is 0 Å². The van der Waals surface area contributed by atoms with Gasteiger partial charge in [0, 0.05) is 23.0 Å². The number of carbonyl (C=O) groups excluding carboxylic acids is 1. The topological polar surface area (TPSA) is 54.0 Å². The third kappa shape index (κ3) is 1.73.